The lowest BCUT2D eigenvalue weighted by molar-refractivity contribution is 0.00415. The number of hydrogen-bond acceptors (Lipinski definition) is 3. The summed E-state index contributed by atoms with van der Waals surface area (Å²) >= 11 is 0. The molecule has 1 aliphatic carbocycles. The Morgan fingerprint density at radius 1 is 1.32 bits per heavy atom. The first-order chi connectivity index (χ1) is 10.3. The van der Waals surface area contributed by atoms with E-state index in [1.807, 2.05) is 20.8 Å². The molecule has 1 amide bonds. The van der Waals surface area contributed by atoms with E-state index >= 15 is 0 Å². The molecule has 1 aliphatic heterocycles. The van der Waals surface area contributed by atoms with E-state index in [1.54, 1.807) is 4.90 Å². The molecule has 1 aromatic carbocycles. The van der Waals surface area contributed by atoms with E-state index in [0.29, 0.717) is 12.1 Å². The highest BCUT2D eigenvalue weighted by Crippen LogP contribution is 2.32. The van der Waals surface area contributed by atoms with Crippen molar-refractivity contribution in [1.29, 1.82) is 0 Å². The van der Waals surface area contributed by atoms with Gasteiger partial charge in [-0.2, -0.15) is 0 Å². The van der Waals surface area contributed by atoms with Crippen LogP contribution in [-0.2, 0) is 11.2 Å². The highest BCUT2D eigenvalue weighted by molar-refractivity contribution is 5.69. The third kappa shape index (κ3) is 3.27. The Balaban J connectivity index is 1.52. The van der Waals surface area contributed by atoms with Crippen LogP contribution in [0.15, 0.2) is 18.2 Å². The zero-order chi connectivity index (χ0) is 15.9. The average Bonchev–Trinajstić information content (AvgIpc) is 2.73. The van der Waals surface area contributed by atoms with Gasteiger partial charge in [-0.25, -0.2) is 4.79 Å². The molecule has 0 bridgehead atoms. The molecule has 1 heterocycles. The van der Waals surface area contributed by atoms with Crippen LogP contribution in [0, 0.1) is 6.92 Å². The van der Waals surface area contributed by atoms with Crippen LogP contribution in [0.1, 0.15) is 49.9 Å². The second kappa shape index (κ2) is 5.58. The largest absolute Gasteiger partial charge is 0.444 e. The molecule has 4 heteroatoms. The first kappa shape index (κ1) is 15.3. The van der Waals surface area contributed by atoms with E-state index in [0.717, 1.165) is 25.9 Å². The van der Waals surface area contributed by atoms with Crippen molar-refractivity contribution < 1.29 is 9.53 Å². The van der Waals surface area contributed by atoms with Crippen LogP contribution < -0.4 is 5.32 Å². The third-order valence-corrected chi connectivity index (χ3v) is 4.35. The molecule has 4 nitrogen and oxygen atoms in total. The minimum absolute atomic E-state index is 0.201. The Bertz CT molecular complexity index is 571. The molecule has 3 rings (SSSR count). The van der Waals surface area contributed by atoms with Crippen molar-refractivity contribution in [3.63, 3.8) is 0 Å². The van der Waals surface area contributed by atoms with Gasteiger partial charge in [-0.1, -0.05) is 23.8 Å². The summed E-state index contributed by atoms with van der Waals surface area (Å²) in [6, 6.07) is 7.55. The molecule has 1 aromatic rings. The lowest BCUT2D eigenvalue weighted by Gasteiger charge is -2.41. The number of nitrogens with zero attached hydrogens (tertiary/aromatic N) is 1. The lowest BCUT2D eigenvalue weighted by Crippen LogP contribution is -2.60. The molecule has 1 N–H and O–H groups in total. The number of benzene rings is 1. The van der Waals surface area contributed by atoms with Crippen LogP contribution in [-0.4, -0.2) is 35.7 Å². The molecule has 1 atom stereocenters. The summed E-state index contributed by atoms with van der Waals surface area (Å²) in [6.45, 7) is 9.33. The number of carbonyl (C=O) groups excluding carboxylic acids is 1. The maximum atomic E-state index is 11.9. The molecule has 0 aromatic heterocycles. The van der Waals surface area contributed by atoms with E-state index in [4.69, 9.17) is 4.74 Å². The topological polar surface area (TPSA) is 41.6 Å². The molecule has 1 saturated heterocycles. The second-order valence-electron chi connectivity index (χ2n) is 7.54. The number of rotatable bonds is 2. The number of fused-ring (bicyclic) bond motifs is 1. The zero-order valence-corrected chi connectivity index (χ0v) is 14.0. The van der Waals surface area contributed by atoms with Crippen molar-refractivity contribution in [1.82, 2.24) is 10.2 Å². The van der Waals surface area contributed by atoms with Crippen molar-refractivity contribution in [2.24, 2.45) is 0 Å². The number of ether oxygens (including phenoxy) is 1. The van der Waals surface area contributed by atoms with E-state index in [-0.39, 0.29) is 6.09 Å². The van der Waals surface area contributed by atoms with Gasteiger partial charge in [0.25, 0.3) is 0 Å². The van der Waals surface area contributed by atoms with Crippen molar-refractivity contribution >= 4 is 6.09 Å². The fourth-order valence-electron chi connectivity index (χ4n) is 3.24. The maximum Gasteiger partial charge on any atom is 0.410 e. The van der Waals surface area contributed by atoms with E-state index in [9.17, 15) is 4.79 Å². The minimum atomic E-state index is -0.419. The number of carbonyl (C=O) groups is 1. The zero-order valence-electron chi connectivity index (χ0n) is 14.0. The number of nitrogens with one attached hydrogen (secondary N) is 1. The van der Waals surface area contributed by atoms with Crippen molar-refractivity contribution in [2.45, 2.75) is 58.2 Å². The average molecular weight is 302 g/mol. The molecule has 0 radical (unpaired) electrons. The van der Waals surface area contributed by atoms with Gasteiger partial charge in [-0.15, -0.1) is 0 Å². The van der Waals surface area contributed by atoms with Gasteiger partial charge < -0.3 is 15.0 Å². The van der Waals surface area contributed by atoms with Crippen LogP contribution in [0.5, 0.6) is 0 Å². The van der Waals surface area contributed by atoms with Gasteiger partial charge in [-0.3, -0.25) is 0 Å². The molecule has 0 spiro atoms. The SMILES string of the molecule is Cc1ccc2c(c1)C(NC1CN(C(=O)OC(C)(C)C)C1)CC2. The molecular formula is C18H26N2O2. The van der Waals surface area contributed by atoms with Gasteiger partial charge in [0.15, 0.2) is 0 Å². The normalized spacial score (nSPS) is 21.5. The minimum Gasteiger partial charge on any atom is -0.444 e. The number of likely N-dealkylation sites (tertiary alicyclic amines) is 1. The van der Waals surface area contributed by atoms with E-state index in [2.05, 4.69) is 30.4 Å². The summed E-state index contributed by atoms with van der Waals surface area (Å²) in [6.07, 6.45) is 2.10. The first-order valence-electron chi connectivity index (χ1n) is 8.15. The van der Waals surface area contributed by atoms with Gasteiger partial charge in [0.1, 0.15) is 5.60 Å². The standard InChI is InChI=1S/C18H26N2O2/c1-12-5-6-13-7-8-16(15(13)9-12)19-14-10-20(11-14)17(21)22-18(2,3)4/h5-6,9,14,16,19H,7-8,10-11H2,1-4H3. The second-order valence-corrected chi connectivity index (χ2v) is 7.54. The van der Waals surface area contributed by atoms with Crippen LogP contribution in [0.3, 0.4) is 0 Å². The lowest BCUT2D eigenvalue weighted by atomic mass is 10.0. The molecule has 1 fully saturated rings. The van der Waals surface area contributed by atoms with Crippen molar-refractivity contribution in [2.75, 3.05) is 13.1 Å². The van der Waals surface area contributed by atoms with Crippen LogP contribution in [0.4, 0.5) is 4.79 Å². The Hall–Kier alpha value is -1.55. The number of amides is 1. The summed E-state index contributed by atoms with van der Waals surface area (Å²) < 4.78 is 5.39. The van der Waals surface area contributed by atoms with E-state index < -0.39 is 5.60 Å². The molecular weight excluding hydrogens is 276 g/mol. The highest BCUT2D eigenvalue weighted by atomic mass is 16.6. The van der Waals surface area contributed by atoms with Gasteiger partial charge in [0.2, 0.25) is 0 Å². The summed E-state index contributed by atoms with van der Waals surface area (Å²) in [5.41, 5.74) is 3.80. The number of hydrogen-bond donors (Lipinski definition) is 1. The summed E-state index contributed by atoms with van der Waals surface area (Å²) in [4.78, 5) is 13.7. The Morgan fingerprint density at radius 2 is 2.05 bits per heavy atom. The predicted molar refractivity (Wildman–Crippen MR) is 87.0 cm³/mol. The van der Waals surface area contributed by atoms with Gasteiger partial charge >= 0.3 is 6.09 Å². The molecule has 0 saturated carbocycles. The van der Waals surface area contributed by atoms with Gasteiger partial charge in [0.05, 0.1) is 0 Å². The van der Waals surface area contributed by atoms with Gasteiger partial charge in [-0.05, 0) is 51.7 Å². The molecule has 22 heavy (non-hydrogen) atoms. The fraction of sp³-hybridized carbons (Fsp3) is 0.611. The molecule has 120 valence electrons. The fourth-order valence-corrected chi connectivity index (χ4v) is 3.24. The van der Waals surface area contributed by atoms with Crippen molar-refractivity contribution in [3.05, 3.63) is 34.9 Å². The first-order valence-corrected chi connectivity index (χ1v) is 8.15. The Kier molecular flexibility index (Phi) is 3.89. The Labute approximate surface area is 132 Å². The summed E-state index contributed by atoms with van der Waals surface area (Å²) in [7, 11) is 0. The monoisotopic (exact) mass is 302 g/mol. The van der Waals surface area contributed by atoms with Gasteiger partial charge in [0, 0.05) is 25.2 Å². The van der Waals surface area contributed by atoms with Crippen LogP contribution >= 0.6 is 0 Å². The molecule has 1 unspecified atom stereocenters. The Morgan fingerprint density at radius 3 is 2.73 bits per heavy atom. The third-order valence-electron chi connectivity index (χ3n) is 4.35. The summed E-state index contributed by atoms with van der Waals surface area (Å²) in [5, 5.41) is 3.70. The molecule has 2 aliphatic rings. The number of aryl methyl sites for hydroxylation is 2. The van der Waals surface area contributed by atoms with E-state index in [1.165, 1.54) is 16.7 Å². The predicted octanol–water partition coefficient (Wildman–Crippen LogP) is 3.19. The summed E-state index contributed by atoms with van der Waals surface area (Å²) in [5.74, 6) is 0. The maximum absolute atomic E-state index is 11.9. The highest BCUT2D eigenvalue weighted by Gasteiger charge is 2.36. The van der Waals surface area contributed by atoms with Crippen LogP contribution in [0.25, 0.3) is 0 Å². The smallest absolute Gasteiger partial charge is 0.410 e. The van der Waals surface area contributed by atoms with Crippen LogP contribution in [0.2, 0.25) is 0 Å². The van der Waals surface area contributed by atoms with Crippen molar-refractivity contribution in [3.8, 4) is 0 Å². The quantitative estimate of drug-likeness (QED) is 0.912.